The molecule has 1 unspecified atom stereocenters. The molecule has 100 valence electrons. The van der Waals surface area contributed by atoms with Crippen LogP contribution in [0.1, 0.15) is 19.4 Å². The lowest BCUT2D eigenvalue weighted by Crippen LogP contribution is -2.48. The zero-order valence-electron chi connectivity index (χ0n) is 11.2. The largest absolute Gasteiger partial charge is 0.465 e. The molecule has 1 aromatic carbocycles. The standard InChI is InChI=1S/C15H18N2O2/c1-3-19-14(18)15(2,16)10-11-6-7-12-5-4-8-17-13(12)9-11/h4-9H,3,10,16H2,1-2H3. The van der Waals surface area contributed by atoms with Gasteiger partial charge in [-0.05, 0) is 31.5 Å². The fourth-order valence-corrected chi connectivity index (χ4v) is 2.01. The van der Waals surface area contributed by atoms with Crippen molar-refractivity contribution in [2.45, 2.75) is 25.8 Å². The fraction of sp³-hybridized carbons (Fsp3) is 0.333. The Morgan fingerprint density at radius 1 is 1.42 bits per heavy atom. The zero-order chi connectivity index (χ0) is 13.9. The first-order valence-corrected chi connectivity index (χ1v) is 6.32. The first-order chi connectivity index (χ1) is 9.03. The summed E-state index contributed by atoms with van der Waals surface area (Å²) >= 11 is 0. The highest BCUT2D eigenvalue weighted by atomic mass is 16.5. The lowest BCUT2D eigenvalue weighted by atomic mass is 9.93. The van der Waals surface area contributed by atoms with E-state index in [1.165, 1.54) is 0 Å². The Balaban J connectivity index is 2.23. The third-order valence-corrected chi connectivity index (χ3v) is 2.98. The Morgan fingerprint density at radius 2 is 2.21 bits per heavy atom. The molecule has 0 spiro atoms. The molecular weight excluding hydrogens is 240 g/mol. The van der Waals surface area contributed by atoms with Crippen LogP contribution in [0.25, 0.3) is 10.9 Å². The molecule has 4 nitrogen and oxygen atoms in total. The molecule has 2 N–H and O–H groups in total. The van der Waals surface area contributed by atoms with E-state index in [4.69, 9.17) is 10.5 Å². The predicted molar refractivity (Wildman–Crippen MR) is 74.7 cm³/mol. The van der Waals surface area contributed by atoms with Gasteiger partial charge in [-0.3, -0.25) is 9.78 Å². The molecular formula is C15H18N2O2. The maximum atomic E-state index is 11.8. The van der Waals surface area contributed by atoms with Gasteiger partial charge in [-0.1, -0.05) is 18.2 Å². The third kappa shape index (κ3) is 3.09. The van der Waals surface area contributed by atoms with Crippen LogP contribution in [0.15, 0.2) is 36.5 Å². The van der Waals surface area contributed by atoms with Crippen LogP contribution in [0.3, 0.4) is 0 Å². The maximum absolute atomic E-state index is 11.8. The Bertz CT molecular complexity index is 593. The average molecular weight is 258 g/mol. The minimum atomic E-state index is -1.02. The lowest BCUT2D eigenvalue weighted by molar-refractivity contribution is -0.148. The van der Waals surface area contributed by atoms with E-state index in [0.717, 1.165) is 16.5 Å². The van der Waals surface area contributed by atoms with E-state index >= 15 is 0 Å². The van der Waals surface area contributed by atoms with E-state index in [0.29, 0.717) is 13.0 Å². The van der Waals surface area contributed by atoms with Crippen LogP contribution in [0.2, 0.25) is 0 Å². The number of ether oxygens (including phenoxy) is 1. The predicted octanol–water partition coefficient (Wildman–Crippen LogP) is 2.06. The van der Waals surface area contributed by atoms with Crippen molar-refractivity contribution in [1.82, 2.24) is 4.98 Å². The SMILES string of the molecule is CCOC(=O)C(C)(N)Cc1ccc2cccnc2c1. The van der Waals surface area contributed by atoms with Crippen molar-refractivity contribution < 1.29 is 9.53 Å². The van der Waals surface area contributed by atoms with Gasteiger partial charge in [-0.2, -0.15) is 0 Å². The van der Waals surface area contributed by atoms with Crippen LogP contribution in [0.5, 0.6) is 0 Å². The molecule has 2 rings (SSSR count). The number of hydrogen-bond donors (Lipinski definition) is 1. The molecule has 1 heterocycles. The van der Waals surface area contributed by atoms with Crippen molar-refractivity contribution in [3.05, 3.63) is 42.1 Å². The number of fused-ring (bicyclic) bond motifs is 1. The van der Waals surface area contributed by atoms with Gasteiger partial charge in [0.15, 0.2) is 0 Å². The van der Waals surface area contributed by atoms with Crippen molar-refractivity contribution in [3.8, 4) is 0 Å². The van der Waals surface area contributed by atoms with E-state index in [9.17, 15) is 4.79 Å². The van der Waals surface area contributed by atoms with E-state index in [1.54, 1.807) is 20.0 Å². The molecule has 0 saturated carbocycles. The summed E-state index contributed by atoms with van der Waals surface area (Å²) in [6.45, 7) is 3.80. The summed E-state index contributed by atoms with van der Waals surface area (Å²) in [5, 5.41) is 1.07. The number of aromatic nitrogens is 1. The fourth-order valence-electron chi connectivity index (χ4n) is 2.01. The van der Waals surface area contributed by atoms with Crippen LogP contribution in [0, 0.1) is 0 Å². The van der Waals surface area contributed by atoms with Gasteiger partial charge in [-0.15, -0.1) is 0 Å². The number of hydrogen-bond acceptors (Lipinski definition) is 4. The van der Waals surface area contributed by atoms with Crippen molar-refractivity contribution in [1.29, 1.82) is 0 Å². The van der Waals surface area contributed by atoms with Crippen molar-refractivity contribution in [3.63, 3.8) is 0 Å². The van der Waals surface area contributed by atoms with Gasteiger partial charge in [0.1, 0.15) is 5.54 Å². The maximum Gasteiger partial charge on any atom is 0.326 e. The van der Waals surface area contributed by atoms with Gasteiger partial charge in [0, 0.05) is 18.0 Å². The van der Waals surface area contributed by atoms with Crippen molar-refractivity contribution >= 4 is 16.9 Å². The molecule has 0 aliphatic heterocycles. The molecule has 0 radical (unpaired) electrons. The second kappa shape index (κ2) is 5.36. The average Bonchev–Trinajstić information content (AvgIpc) is 2.38. The number of esters is 1. The normalized spacial score (nSPS) is 14.1. The Labute approximate surface area is 112 Å². The van der Waals surface area contributed by atoms with E-state index in [1.807, 2.05) is 30.3 Å². The smallest absolute Gasteiger partial charge is 0.326 e. The Morgan fingerprint density at radius 3 is 2.95 bits per heavy atom. The van der Waals surface area contributed by atoms with Gasteiger partial charge in [0.25, 0.3) is 0 Å². The molecule has 0 fully saturated rings. The van der Waals surface area contributed by atoms with Crippen LogP contribution in [-0.4, -0.2) is 23.1 Å². The molecule has 1 atom stereocenters. The van der Waals surface area contributed by atoms with Crippen LogP contribution in [0.4, 0.5) is 0 Å². The van der Waals surface area contributed by atoms with Crippen LogP contribution < -0.4 is 5.73 Å². The number of rotatable bonds is 4. The minimum Gasteiger partial charge on any atom is -0.465 e. The number of carbonyl (C=O) groups is 1. The molecule has 1 aromatic heterocycles. The summed E-state index contributed by atoms with van der Waals surface area (Å²) in [4.78, 5) is 16.1. The molecule has 0 amide bonds. The molecule has 19 heavy (non-hydrogen) atoms. The number of benzene rings is 1. The second-order valence-electron chi connectivity index (χ2n) is 4.85. The van der Waals surface area contributed by atoms with Gasteiger partial charge in [0.05, 0.1) is 12.1 Å². The quantitative estimate of drug-likeness (QED) is 0.852. The number of pyridine rings is 1. The highest BCUT2D eigenvalue weighted by Gasteiger charge is 2.30. The highest BCUT2D eigenvalue weighted by Crippen LogP contribution is 2.17. The number of nitrogens with two attached hydrogens (primary N) is 1. The third-order valence-electron chi connectivity index (χ3n) is 2.98. The van der Waals surface area contributed by atoms with Gasteiger partial charge >= 0.3 is 5.97 Å². The van der Waals surface area contributed by atoms with E-state index in [-0.39, 0.29) is 5.97 Å². The lowest BCUT2D eigenvalue weighted by Gasteiger charge is -2.22. The summed E-state index contributed by atoms with van der Waals surface area (Å²) in [5.41, 5.74) is 6.89. The van der Waals surface area contributed by atoms with Crippen molar-refractivity contribution in [2.75, 3.05) is 6.61 Å². The highest BCUT2D eigenvalue weighted by molar-refractivity contribution is 5.82. The van der Waals surface area contributed by atoms with Gasteiger partial charge in [0.2, 0.25) is 0 Å². The number of nitrogens with zero attached hydrogens (tertiary/aromatic N) is 1. The van der Waals surface area contributed by atoms with Gasteiger partial charge in [-0.25, -0.2) is 0 Å². The summed E-state index contributed by atoms with van der Waals surface area (Å²) < 4.78 is 4.99. The van der Waals surface area contributed by atoms with Crippen LogP contribution in [-0.2, 0) is 16.0 Å². The molecule has 4 heteroatoms. The van der Waals surface area contributed by atoms with E-state index in [2.05, 4.69) is 4.98 Å². The zero-order valence-corrected chi connectivity index (χ0v) is 11.2. The molecule has 0 bridgehead atoms. The summed E-state index contributed by atoms with van der Waals surface area (Å²) in [6.07, 6.45) is 2.18. The van der Waals surface area contributed by atoms with E-state index < -0.39 is 5.54 Å². The monoisotopic (exact) mass is 258 g/mol. The number of carbonyl (C=O) groups excluding carboxylic acids is 1. The topological polar surface area (TPSA) is 65.2 Å². The second-order valence-corrected chi connectivity index (χ2v) is 4.85. The van der Waals surface area contributed by atoms with Crippen LogP contribution >= 0.6 is 0 Å². The van der Waals surface area contributed by atoms with Gasteiger partial charge < -0.3 is 10.5 Å². The minimum absolute atomic E-state index is 0.338. The Hall–Kier alpha value is -1.94. The molecule has 2 aromatic rings. The summed E-state index contributed by atoms with van der Waals surface area (Å²) in [6, 6.07) is 9.81. The molecule has 0 aliphatic rings. The summed E-state index contributed by atoms with van der Waals surface area (Å²) in [7, 11) is 0. The summed E-state index contributed by atoms with van der Waals surface area (Å²) in [5.74, 6) is -0.379. The first-order valence-electron chi connectivity index (χ1n) is 6.32. The van der Waals surface area contributed by atoms with Crippen molar-refractivity contribution in [2.24, 2.45) is 5.73 Å². The molecule has 0 aliphatic carbocycles. The first kappa shape index (κ1) is 13.5. The molecule has 0 saturated heterocycles. The Kier molecular flexibility index (Phi) is 3.81.